The molecule has 0 aliphatic rings. The third-order valence-electron chi connectivity index (χ3n) is 2.90. The summed E-state index contributed by atoms with van der Waals surface area (Å²) in [7, 11) is 0. The van der Waals surface area contributed by atoms with Gasteiger partial charge >= 0.3 is 5.97 Å². The first-order valence-corrected chi connectivity index (χ1v) is 6.68. The van der Waals surface area contributed by atoms with Crippen LogP contribution in [0.2, 0.25) is 0 Å². The Kier molecular flexibility index (Phi) is 6.03. The molecule has 0 saturated carbocycles. The van der Waals surface area contributed by atoms with E-state index in [1.807, 2.05) is 38.1 Å². The summed E-state index contributed by atoms with van der Waals surface area (Å²) in [5.41, 5.74) is 0.956. The van der Waals surface area contributed by atoms with Crippen molar-refractivity contribution in [2.24, 2.45) is 0 Å². The Balaban J connectivity index is 2.64. The van der Waals surface area contributed by atoms with Crippen molar-refractivity contribution in [2.75, 3.05) is 0 Å². The van der Waals surface area contributed by atoms with Gasteiger partial charge in [0.05, 0.1) is 6.42 Å². The number of hydrogen-bond acceptors (Lipinski definition) is 3. The molecule has 2 unspecified atom stereocenters. The summed E-state index contributed by atoms with van der Waals surface area (Å²) in [6, 6.07) is 7.05. The SMILES string of the molecule is CCC(Oc1ccccc1C)C(=O)NC(C)CC(=O)O. The molecule has 0 bridgehead atoms. The molecule has 1 amide bonds. The maximum Gasteiger partial charge on any atom is 0.305 e. The summed E-state index contributed by atoms with van der Waals surface area (Å²) in [5.74, 6) is -0.560. The van der Waals surface area contributed by atoms with E-state index in [1.54, 1.807) is 6.92 Å². The first kappa shape index (κ1) is 16.0. The Labute approximate surface area is 118 Å². The Morgan fingerprint density at radius 3 is 2.55 bits per heavy atom. The Hall–Kier alpha value is -2.04. The summed E-state index contributed by atoms with van der Waals surface area (Å²) < 4.78 is 5.70. The minimum atomic E-state index is -0.939. The van der Waals surface area contributed by atoms with Crippen molar-refractivity contribution >= 4 is 11.9 Å². The lowest BCUT2D eigenvalue weighted by atomic mass is 10.2. The number of para-hydroxylation sites is 1. The van der Waals surface area contributed by atoms with E-state index in [-0.39, 0.29) is 12.3 Å². The van der Waals surface area contributed by atoms with Crippen molar-refractivity contribution in [1.82, 2.24) is 5.32 Å². The highest BCUT2D eigenvalue weighted by atomic mass is 16.5. The van der Waals surface area contributed by atoms with Crippen molar-refractivity contribution in [3.8, 4) is 5.75 Å². The molecule has 0 radical (unpaired) electrons. The van der Waals surface area contributed by atoms with E-state index >= 15 is 0 Å². The van der Waals surface area contributed by atoms with Crippen LogP contribution in [0.5, 0.6) is 5.75 Å². The van der Waals surface area contributed by atoms with Gasteiger partial charge in [-0.05, 0) is 31.9 Å². The summed E-state index contributed by atoms with van der Waals surface area (Å²) in [4.78, 5) is 22.6. The van der Waals surface area contributed by atoms with Crippen LogP contribution in [0, 0.1) is 6.92 Å². The molecule has 1 aromatic carbocycles. The van der Waals surface area contributed by atoms with Gasteiger partial charge in [0.15, 0.2) is 6.10 Å². The molecule has 0 aliphatic heterocycles. The predicted octanol–water partition coefficient (Wildman–Crippen LogP) is 2.13. The molecule has 0 aromatic heterocycles. The third kappa shape index (κ3) is 4.91. The van der Waals surface area contributed by atoms with Crippen LogP contribution < -0.4 is 10.1 Å². The summed E-state index contributed by atoms with van der Waals surface area (Å²) in [6.07, 6.45) is -0.209. The monoisotopic (exact) mass is 279 g/mol. The smallest absolute Gasteiger partial charge is 0.305 e. The normalized spacial score (nSPS) is 13.3. The van der Waals surface area contributed by atoms with E-state index in [0.29, 0.717) is 12.2 Å². The van der Waals surface area contributed by atoms with Crippen LogP contribution in [-0.4, -0.2) is 29.1 Å². The van der Waals surface area contributed by atoms with Gasteiger partial charge in [-0.15, -0.1) is 0 Å². The van der Waals surface area contributed by atoms with E-state index in [0.717, 1.165) is 5.56 Å². The highest BCUT2D eigenvalue weighted by Crippen LogP contribution is 2.18. The van der Waals surface area contributed by atoms with Gasteiger partial charge in [0.1, 0.15) is 5.75 Å². The maximum atomic E-state index is 12.1. The minimum Gasteiger partial charge on any atom is -0.481 e. The standard InChI is InChI=1S/C15H21NO4/c1-4-12(15(19)16-11(3)9-14(17)18)20-13-8-6-5-7-10(13)2/h5-8,11-12H,4,9H2,1-3H3,(H,16,19)(H,17,18). The fraction of sp³-hybridized carbons (Fsp3) is 0.467. The molecule has 0 fully saturated rings. The van der Waals surface area contributed by atoms with Crippen molar-refractivity contribution in [3.63, 3.8) is 0 Å². The number of benzene rings is 1. The zero-order valence-corrected chi connectivity index (χ0v) is 12.1. The molecule has 2 N–H and O–H groups in total. The van der Waals surface area contributed by atoms with Gasteiger partial charge in [-0.2, -0.15) is 0 Å². The van der Waals surface area contributed by atoms with Crippen LogP contribution in [0.25, 0.3) is 0 Å². The molecule has 5 heteroatoms. The predicted molar refractivity (Wildman–Crippen MR) is 75.7 cm³/mol. The third-order valence-corrected chi connectivity index (χ3v) is 2.90. The topological polar surface area (TPSA) is 75.6 Å². The van der Waals surface area contributed by atoms with Crippen molar-refractivity contribution in [1.29, 1.82) is 0 Å². The molecular weight excluding hydrogens is 258 g/mol. The molecule has 0 saturated heterocycles. The quantitative estimate of drug-likeness (QED) is 0.801. The number of ether oxygens (including phenoxy) is 1. The minimum absolute atomic E-state index is 0.105. The Morgan fingerprint density at radius 1 is 1.35 bits per heavy atom. The number of carboxylic acid groups (broad SMARTS) is 1. The first-order valence-electron chi connectivity index (χ1n) is 6.68. The molecule has 0 aliphatic carbocycles. The van der Waals surface area contributed by atoms with Gasteiger partial charge in [0.2, 0.25) is 0 Å². The number of amides is 1. The van der Waals surface area contributed by atoms with E-state index in [1.165, 1.54) is 0 Å². The number of nitrogens with one attached hydrogen (secondary N) is 1. The fourth-order valence-corrected chi connectivity index (χ4v) is 1.81. The van der Waals surface area contributed by atoms with Gasteiger partial charge in [-0.3, -0.25) is 9.59 Å². The van der Waals surface area contributed by atoms with Crippen LogP contribution in [0.15, 0.2) is 24.3 Å². The fourth-order valence-electron chi connectivity index (χ4n) is 1.81. The molecule has 0 heterocycles. The molecule has 1 rings (SSSR count). The van der Waals surface area contributed by atoms with E-state index in [2.05, 4.69) is 5.32 Å². The second-order valence-electron chi connectivity index (χ2n) is 4.79. The molecular formula is C15H21NO4. The Bertz CT molecular complexity index is 473. The summed E-state index contributed by atoms with van der Waals surface area (Å²) in [5, 5.41) is 11.3. The number of aryl methyl sites for hydroxylation is 1. The lowest BCUT2D eigenvalue weighted by molar-refractivity contribution is -0.137. The maximum absolute atomic E-state index is 12.1. The number of carboxylic acids is 1. The molecule has 110 valence electrons. The zero-order valence-electron chi connectivity index (χ0n) is 12.1. The van der Waals surface area contributed by atoms with Crippen molar-refractivity contribution < 1.29 is 19.4 Å². The number of carbonyl (C=O) groups is 2. The number of aliphatic carboxylic acids is 1. The van der Waals surface area contributed by atoms with E-state index < -0.39 is 18.1 Å². The van der Waals surface area contributed by atoms with Crippen molar-refractivity contribution in [3.05, 3.63) is 29.8 Å². The zero-order chi connectivity index (χ0) is 15.1. The van der Waals surface area contributed by atoms with E-state index in [4.69, 9.17) is 9.84 Å². The number of carbonyl (C=O) groups excluding carboxylic acids is 1. The van der Waals surface area contributed by atoms with Gasteiger partial charge in [0, 0.05) is 6.04 Å². The number of hydrogen-bond donors (Lipinski definition) is 2. The van der Waals surface area contributed by atoms with Crippen LogP contribution in [0.1, 0.15) is 32.3 Å². The first-order chi connectivity index (χ1) is 9.43. The van der Waals surface area contributed by atoms with Gasteiger partial charge in [-0.1, -0.05) is 25.1 Å². The molecule has 5 nitrogen and oxygen atoms in total. The summed E-state index contributed by atoms with van der Waals surface area (Å²) in [6.45, 7) is 5.42. The lowest BCUT2D eigenvalue weighted by Crippen LogP contribution is -2.43. The molecule has 0 spiro atoms. The molecule has 2 atom stereocenters. The van der Waals surface area contributed by atoms with E-state index in [9.17, 15) is 9.59 Å². The van der Waals surface area contributed by atoms with Crippen LogP contribution in [0.4, 0.5) is 0 Å². The van der Waals surface area contributed by atoms with Crippen molar-refractivity contribution in [2.45, 2.75) is 45.8 Å². The highest BCUT2D eigenvalue weighted by molar-refractivity contribution is 5.82. The Morgan fingerprint density at radius 2 is 2.00 bits per heavy atom. The largest absolute Gasteiger partial charge is 0.481 e. The van der Waals surface area contributed by atoms with Gasteiger partial charge in [-0.25, -0.2) is 0 Å². The molecule has 20 heavy (non-hydrogen) atoms. The summed E-state index contributed by atoms with van der Waals surface area (Å²) >= 11 is 0. The average Bonchev–Trinajstić information content (AvgIpc) is 2.36. The second-order valence-corrected chi connectivity index (χ2v) is 4.79. The van der Waals surface area contributed by atoms with Crippen LogP contribution in [-0.2, 0) is 9.59 Å². The highest BCUT2D eigenvalue weighted by Gasteiger charge is 2.21. The van der Waals surface area contributed by atoms with Crippen LogP contribution >= 0.6 is 0 Å². The molecule has 1 aromatic rings. The van der Waals surface area contributed by atoms with Crippen LogP contribution in [0.3, 0.4) is 0 Å². The van der Waals surface area contributed by atoms with Gasteiger partial charge < -0.3 is 15.2 Å². The lowest BCUT2D eigenvalue weighted by Gasteiger charge is -2.20. The second kappa shape index (κ2) is 7.53. The average molecular weight is 279 g/mol. The number of rotatable bonds is 7. The van der Waals surface area contributed by atoms with Gasteiger partial charge in [0.25, 0.3) is 5.91 Å².